The molecule has 1 N–H and O–H groups in total. The standard InChI is InChI=1S/C14H15FN2S/c15-11-2-3-13-10(7-11)1-4-14(13)16-6-5-12-8-18-9-17-12/h2-3,7-9,14,16H,1,4-6H2. The van der Waals surface area contributed by atoms with Gasteiger partial charge in [0.15, 0.2) is 0 Å². The number of halogens is 1. The van der Waals surface area contributed by atoms with Crippen LogP contribution in [-0.4, -0.2) is 11.5 Å². The zero-order chi connectivity index (χ0) is 12.4. The first-order valence-corrected chi connectivity index (χ1v) is 7.16. The zero-order valence-corrected chi connectivity index (χ0v) is 10.8. The summed E-state index contributed by atoms with van der Waals surface area (Å²) < 4.78 is 13.1. The Labute approximate surface area is 110 Å². The molecule has 2 aromatic rings. The summed E-state index contributed by atoms with van der Waals surface area (Å²) in [4.78, 5) is 4.27. The molecule has 1 atom stereocenters. The van der Waals surface area contributed by atoms with E-state index in [1.807, 2.05) is 11.6 Å². The Kier molecular flexibility index (Phi) is 3.39. The lowest BCUT2D eigenvalue weighted by molar-refractivity contribution is 0.532. The number of fused-ring (bicyclic) bond motifs is 1. The van der Waals surface area contributed by atoms with E-state index < -0.39 is 0 Å². The SMILES string of the molecule is Fc1ccc2c(c1)CCC2NCCc1cscn1. The van der Waals surface area contributed by atoms with E-state index in [2.05, 4.69) is 15.7 Å². The Bertz CT molecular complexity index is 525. The molecule has 0 bridgehead atoms. The van der Waals surface area contributed by atoms with Gasteiger partial charge in [0.25, 0.3) is 0 Å². The Morgan fingerprint density at radius 3 is 3.22 bits per heavy atom. The Hall–Kier alpha value is -1.26. The number of aromatic nitrogens is 1. The van der Waals surface area contributed by atoms with Crippen LogP contribution in [0.2, 0.25) is 0 Å². The number of thiazole rings is 1. The average Bonchev–Trinajstić information content (AvgIpc) is 2.99. The molecule has 2 nitrogen and oxygen atoms in total. The number of nitrogens with zero attached hydrogens (tertiary/aromatic N) is 1. The third-order valence-corrected chi connectivity index (χ3v) is 4.07. The summed E-state index contributed by atoms with van der Waals surface area (Å²) in [6, 6.07) is 5.51. The molecule has 4 heteroatoms. The molecule has 0 aliphatic heterocycles. The molecule has 94 valence electrons. The molecular formula is C14H15FN2S. The molecule has 0 saturated carbocycles. The highest BCUT2D eigenvalue weighted by Gasteiger charge is 2.21. The minimum absolute atomic E-state index is 0.128. The van der Waals surface area contributed by atoms with Gasteiger partial charge in [0, 0.05) is 24.4 Å². The van der Waals surface area contributed by atoms with Gasteiger partial charge in [-0.15, -0.1) is 11.3 Å². The second-order valence-corrected chi connectivity index (χ2v) is 5.34. The fraction of sp³-hybridized carbons (Fsp3) is 0.357. The molecule has 0 amide bonds. The summed E-state index contributed by atoms with van der Waals surface area (Å²) in [5.74, 6) is -0.128. The first kappa shape index (κ1) is 11.8. The summed E-state index contributed by atoms with van der Waals surface area (Å²) in [7, 11) is 0. The van der Waals surface area contributed by atoms with Crippen LogP contribution >= 0.6 is 11.3 Å². The smallest absolute Gasteiger partial charge is 0.123 e. The van der Waals surface area contributed by atoms with Crippen molar-refractivity contribution in [3.05, 3.63) is 51.7 Å². The van der Waals surface area contributed by atoms with Crippen molar-refractivity contribution in [2.75, 3.05) is 6.54 Å². The first-order valence-electron chi connectivity index (χ1n) is 6.22. The monoisotopic (exact) mass is 262 g/mol. The molecule has 1 aliphatic rings. The number of rotatable bonds is 4. The number of benzene rings is 1. The van der Waals surface area contributed by atoms with Gasteiger partial charge in [-0.3, -0.25) is 0 Å². The molecule has 1 aromatic heterocycles. The molecular weight excluding hydrogens is 247 g/mol. The largest absolute Gasteiger partial charge is 0.310 e. The highest BCUT2D eigenvalue weighted by atomic mass is 32.1. The zero-order valence-electron chi connectivity index (χ0n) is 10.0. The molecule has 0 spiro atoms. The van der Waals surface area contributed by atoms with E-state index in [1.165, 1.54) is 5.56 Å². The third kappa shape index (κ3) is 2.44. The van der Waals surface area contributed by atoms with E-state index in [4.69, 9.17) is 0 Å². The van der Waals surface area contributed by atoms with E-state index in [9.17, 15) is 4.39 Å². The second kappa shape index (κ2) is 5.16. The van der Waals surface area contributed by atoms with Gasteiger partial charge >= 0.3 is 0 Å². The van der Waals surface area contributed by atoms with Crippen LogP contribution in [-0.2, 0) is 12.8 Å². The van der Waals surface area contributed by atoms with Gasteiger partial charge in [-0.05, 0) is 36.1 Å². The Morgan fingerprint density at radius 2 is 2.39 bits per heavy atom. The van der Waals surface area contributed by atoms with Gasteiger partial charge in [-0.1, -0.05) is 6.07 Å². The van der Waals surface area contributed by atoms with Crippen LogP contribution in [0, 0.1) is 5.82 Å². The minimum atomic E-state index is -0.128. The van der Waals surface area contributed by atoms with Crippen molar-refractivity contribution >= 4 is 11.3 Å². The summed E-state index contributed by atoms with van der Waals surface area (Å²) in [5, 5.41) is 5.62. The number of nitrogens with one attached hydrogen (secondary N) is 1. The van der Waals surface area contributed by atoms with Crippen molar-refractivity contribution in [3.8, 4) is 0 Å². The van der Waals surface area contributed by atoms with Gasteiger partial charge in [-0.25, -0.2) is 9.37 Å². The van der Waals surface area contributed by atoms with Gasteiger partial charge in [-0.2, -0.15) is 0 Å². The van der Waals surface area contributed by atoms with Gasteiger partial charge in [0.05, 0.1) is 11.2 Å². The van der Waals surface area contributed by atoms with Crippen molar-refractivity contribution in [1.29, 1.82) is 0 Å². The highest BCUT2D eigenvalue weighted by Crippen LogP contribution is 2.31. The van der Waals surface area contributed by atoms with Crippen LogP contribution in [0.3, 0.4) is 0 Å². The summed E-state index contributed by atoms with van der Waals surface area (Å²) in [6.45, 7) is 0.922. The van der Waals surface area contributed by atoms with E-state index in [1.54, 1.807) is 23.5 Å². The van der Waals surface area contributed by atoms with Crippen molar-refractivity contribution in [3.63, 3.8) is 0 Å². The molecule has 0 fully saturated rings. The van der Waals surface area contributed by atoms with Crippen LogP contribution in [0.4, 0.5) is 4.39 Å². The van der Waals surface area contributed by atoms with Crippen LogP contribution in [0.25, 0.3) is 0 Å². The van der Waals surface area contributed by atoms with E-state index >= 15 is 0 Å². The summed E-state index contributed by atoms with van der Waals surface area (Å²) >= 11 is 1.63. The molecule has 0 saturated heterocycles. The van der Waals surface area contributed by atoms with E-state index in [-0.39, 0.29) is 5.82 Å². The fourth-order valence-corrected chi connectivity index (χ4v) is 3.13. The minimum Gasteiger partial charge on any atom is -0.310 e. The Balaban J connectivity index is 1.59. The first-order chi connectivity index (χ1) is 8.83. The number of hydrogen-bond acceptors (Lipinski definition) is 3. The van der Waals surface area contributed by atoms with Crippen molar-refractivity contribution in [2.24, 2.45) is 0 Å². The lowest BCUT2D eigenvalue weighted by atomic mass is 10.1. The molecule has 1 aliphatic carbocycles. The lowest BCUT2D eigenvalue weighted by Gasteiger charge is -2.13. The van der Waals surface area contributed by atoms with E-state index in [0.717, 1.165) is 37.1 Å². The Morgan fingerprint density at radius 1 is 1.44 bits per heavy atom. The average molecular weight is 262 g/mol. The van der Waals surface area contributed by atoms with Crippen molar-refractivity contribution in [1.82, 2.24) is 10.3 Å². The number of hydrogen-bond donors (Lipinski definition) is 1. The molecule has 1 aromatic carbocycles. The fourth-order valence-electron chi connectivity index (χ4n) is 2.53. The lowest BCUT2D eigenvalue weighted by Crippen LogP contribution is -2.22. The predicted molar refractivity (Wildman–Crippen MR) is 71.3 cm³/mol. The van der Waals surface area contributed by atoms with Crippen LogP contribution in [0.15, 0.2) is 29.1 Å². The third-order valence-electron chi connectivity index (χ3n) is 3.44. The van der Waals surface area contributed by atoms with E-state index in [0.29, 0.717) is 6.04 Å². The van der Waals surface area contributed by atoms with Crippen LogP contribution in [0.5, 0.6) is 0 Å². The molecule has 1 heterocycles. The maximum absolute atomic E-state index is 13.1. The van der Waals surface area contributed by atoms with Crippen LogP contribution < -0.4 is 5.32 Å². The normalized spacial score (nSPS) is 17.9. The van der Waals surface area contributed by atoms with Crippen LogP contribution in [0.1, 0.15) is 29.3 Å². The molecule has 1 unspecified atom stereocenters. The molecule has 3 rings (SSSR count). The predicted octanol–water partition coefficient (Wildman–Crippen LogP) is 3.10. The summed E-state index contributed by atoms with van der Waals surface area (Å²) in [6.07, 6.45) is 2.99. The summed E-state index contributed by atoms with van der Waals surface area (Å²) in [5.41, 5.74) is 5.42. The number of aryl methyl sites for hydroxylation is 1. The quantitative estimate of drug-likeness (QED) is 0.916. The van der Waals surface area contributed by atoms with Crippen molar-refractivity contribution < 1.29 is 4.39 Å². The second-order valence-electron chi connectivity index (χ2n) is 4.62. The highest BCUT2D eigenvalue weighted by molar-refractivity contribution is 7.07. The van der Waals surface area contributed by atoms with Crippen molar-refractivity contribution in [2.45, 2.75) is 25.3 Å². The molecule has 18 heavy (non-hydrogen) atoms. The van der Waals surface area contributed by atoms with Gasteiger partial charge < -0.3 is 5.32 Å². The molecule has 0 radical (unpaired) electrons. The topological polar surface area (TPSA) is 24.9 Å². The maximum Gasteiger partial charge on any atom is 0.123 e. The van der Waals surface area contributed by atoms with Gasteiger partial charge in [0.1, 0.15) is 5.82 Å². The van der Waals surface area contributed by atoms with Gasteiger partial charge in [0.2, 0.25) is 0 Å². The maximum atomic E-state index is 13.1.